The van der Waals surface area contributed by atoms with E-state index in [2.05, 4.69) is 15.3 Å². The normalized spacial score (nSPS) is 14.1. The second-order valence-corrected chi connectivity index (χ2v) is 8.98. The predicted octanol–water partition coefficient (Wildman–Crippen LogP) is 5.23. The van der Waals surface area contributed by atoms with Gasteiger partial charge in [0.05, 0.1) is 17.8 Å². The molecule has 1 aromatic carbocycles. The Bertz CT molecular complexity index is 1160. The number of alkyl halides is 3. The maximum absolute atomic E-state index is 12.9. The van der Waals surface area contributed by atoms with Crippen molar-refractivity contribution in [1.82, 2.24) is 19.9 Å². The van der Waals surface area contributed by atoms with Gasteiger partial charge in [-0.25, -0.2) is 9.97 Å². The fourth-order valence-electron chi connectivity index (χ4n) is 3.67. The summed E-state index contributed by atoms with van der Waals surface area (Å²) < 4.78 is 38.8. The lowest BCUT2D eigenvalue weighted by Gasteiger charge is -2.34. The maximum atomic E-state index is 12.9. The minimum absolute atomic E-state index is 0.0202. The molecular formula is C24H24F3N5O. The van der Waals surface area contributed by atoms with Gasteiger partial charge in [-0.15, -0.1) is 0 Å². The minimum atomic E-state index is -4.41. The molecule has 0 fully saturated rings. The van der Waals surface area contributed by atoms with Crippen LogP contribution in [-0.4, -0.2) is 32.3 Å². The zero-order valence-corrected chi connectivity index (χ0v) is 18.6. The number of carbonyl (C=O) groups is 1. The van der Waals surface area contributed by atoms with Crippen LogP contribution in [0.25, 0.3) is 11.4 Å². The standard InChI is InChI=1S/C24H24F3N5O/c1-23(2,3)22(33)32-13-10-19-18(14-32)21(31-20(30-19)15-8-11-28-12-9-15)29-17-6-4-16(5-7-17)24(25,26)27/h4-9,11-12H,10,13-14H2,1-3H3,(H,29,30,31). The van der Waals surface area contributed by atoms with Crippen molar-refractivity contribution in [3.63, 3.8) is 0 Å². The third-order valence-corrected chi connectivity index (χ3v) is 5.40. The number of rotatable bonds is 3. The Morgan fingerprint density at radius 1 is 1.00 bits per heavy atom. The third-order valence-electron chi connectivity index (χ3n) is 5.40. The molecule has 172 valence electrons. The molecule has 0 spiro atoms. The topological polar surface area (TPSA) is 71.0 Å². The van der Waals surface area contributed by atoms with Crippen LogP contribution in [0.2, 0.25) is 0 Å². The number of fused-ring (bicyclic) bond motifs is 1. The summed E-state index contributed by atoms with van der Waals surface area (Å²) in [6, 6.07) is 8.36. The molecule has 6 nitrogen and oxygen atoms in total. The highest BCUT2D eigenvalue weighted by molar-refractivity contribution is 5.82. The smallest absolute Gasteiger partial charge is 0.340 e. The van der Waals surface area contributed by atoms with E-state index in [9.17, 15) is 18.0 Å². The van der Waals surface area contributed by atoms with Crippen LogP contribution in [0, 0.1) is 5.41 Å². The molecule has 0 radical (unpaired) electrons. The lowest BCUT2D eigenvalue weighted by atomic mass is 9.93. The summed E-state index contributed by atoms with van der Waals surface area (Å²) in [5, 5.41) is 3.15. The van der Waals surface area contributed by atoms with Gasteiger partial charge in [-0.05, 0) is 36.4 Å². The van der Waals surface area contributed by atoms with Gasteiger partial charge in [0.25, 0.3) is 0 Å². The van der Waals surface area contributed by atoms with Gasteiger partial charge in [0, 0.05) is 47.6 Å². The van der Waals surface area contributed by atoms with Gasteiger partial charge in [-0.2, -0.15) is 13.2 Å². The van der Waals surface area contributed by atoms with Gasteiger partial charge in [0.2, 0.25) is 5.91 Å². The zero-order chi connectivity index (χ0) is 23.8. The van der Waals surface area contributed by atoms with Crippen molar-refractivity contribution in [2.24, 2.45) is 5.41 Å². The van der Waals surface area contributed by atoms with Gasteiger partial charge in [0.1, 0.15) is 5.82 Å². The molecule has 0 aliphatic carbocycles. The quantitative estimate of drug-likeness (QED) is 0.586. The molecule has 3 aromatic rings. The SMILES string of the molecule is CC(C)(C)C(=O)N1CCc2nc(-c3ccncc3)nc(Nc3ccc(C(F)(F)F)cc3)c2C1. The van der Waals surface area contributed by atoms with Crippen molar-refractivity contribution in [2.75, 3.05) is 11.9 Å². The number of nitrogens with zero attached hydrogens (tertiary/aromatic N) is 4. The number of pyridine rings is 1. The molecule has 1 amide bonds. The molecule has 0 saturated carbocycles. The summed E-state index contributed by atoms with van der Waals surface area (Å²) in [7, 11) is 0. The van der Waals surface area contributed by atoms with Crippen molar-refractivity contribution >= 4 is 17.4 Å². The summed E-state index contributed by atoms with van der Waals surface area (Å²) >= 11 is 0. The molecule has 1 N–H and O–H groups in total. The number of carbonyl (C=O) groups excluding carboxylic acids is 1. The van der Waals surface area contributed by atoms with Crippen LogP contribution >= 0.6 is 0 Å². The summed E-state index contributed by atoms with van der Waals surface area (Å²) in [4.78, 5) is 28.1. The van der Waals surface area contributed by atoms with E-state index in [0.29, 0.717) is 36.8 Å². The van der Waals surface area contributed by atoms with E-state index >= 15 is 0 Å². The number of halogens is 3. The van der Waals surface area contributed by atoms with Gasteiger partial charge in [-0.3, -0.25) is 9.78 Å². The van der Waals surface area contributed by atoms with Crippen LogP contribution in [0.1, 0.15) is 37.6 Å². The summed E-state index contributed by atoms with van der Waals surface area (Å²) in [5.41, 5.74) is 1.55. The van der Waals surface area contributed by atoms with Crippen molar-refractivity contribution < 1.29 is 18.0 Å². The fourth-order valence-corrected chi connectivity index (χ4v) is 3.67. The van der Waals surface area contributed by atoms with Crippen LogP contribution in [-0.2, 0) is 23.9 Å². The van der Waals surface area contributed by atoms with Crippen molar-refractivity contribution in [2.45, 2.75) is 39.9 Å². The number of amides is 1. The maximum Gasteiger partial charge on any atom is 0.416 e. The Hall–Kier alpha value is -3.49. The molecular weight excluding hydrogens is 431 g/mol. The van der Waals surface area contributed by atoms with Crippen molar-refractivity contribution in [1.29, 1.82) is 0 Å². The monoisotopic (exact) mass is 455 g/mol. The first-order valence-electron chi connectivity index (χ1n) is 10.6. The Morgan fingerprint density at radius 3 is 2.27 bits per heavy atom. The van der Waals surface area contributed by atoms with Crippen molar-refractivity contribution in [3.05, 3.63) is 65.6 Å². The lowest BCUT2D eigenvalue weighted by Crippen LogP contribution is -2.42. The number of anilines is 2. The average Bonchev–Trinajstić information content (AvgIpc) is 2.78. The van der Waals surface area contributed by atoms with Crippen LogP contribution in [0.3, 0.4) is 0 Å². The Labute approximate surface area is 189 Å². The first-order valence-corrected chi connectivity index (χ1v) is 10.6. The Kier molecular flexibility index (Phi) is 5.82. The Balaban J connectivity index is 1.73. The zero-order valence-electron chi connectivity index (χ0n) is 18.6. The first-order chi connectivity index (χ1) is 15.5. The van der Waals surface area contributed by atoms with Gasteiger partial charge in [-0.1, -0.05) is 20.8 Å². The molecule has 0 saturated heterocycles. The molecule has 2 aromatic heterocycles. The van der Waals surface area contributed by atoms with E-state index in [4.69, 9.17) is 4.98 Å². The highest BCUT2D eigenvalue weighted by Gasteiger charge is 2.32. The highest BCUT2D eigenvalue weighted by Crippen LogP contribution is 2.33. The minimum Gasteiger partial charge on any atom is -0.340 e. The summed E-state index contributed by atoms with van der Waals surface area (Å²) in [6.45, 7) is 6.47. The molecule has 0 unspecified atom stereocenters. The molecule has 4 rings (SSSR count). The number of nitrogens with one attached hydrogen (secondary N) is 1. The van der Waals surface area contributed by atoms with E-state index in [1.54, 1.807) is 29.4 Å². The summed E-state index contributed by atoms with van der Waals surface area (Å²) in [6.07, 6.45) is -0.565. The van der Waals surface area contributed by atoms with Gasteiger partial charge < -0.3 is 10.2 Å². The molecule has 1 aliphatic rings. The largest absolute Gasteiger partial charge is 0.416 e. The van der Waals surface area contributed by atoms with E-state index in [-0.39, 0.29) is 5.91 Å². The van der Waals surface area contributed by atoms with Crippen LogP contribution < -0.4 is 5.32 Å². The molecule has 1 aliphatic heterocycles. The van der Waals surface area contributed by atoms with E-state index in [1.807, 2.05) is 20.8 Å². The van der Waals surface area contributed by atoms with Crippen LogP contribution in [0.15, 0.2) is 48.8 Å². The van der Waals surface area contributed by atoms with E-state index in [1.165, 1.54) is 12.1 Å². The molecule has 3 heterocycles. The average molecular weight is 455 g/mol. The molecule has 9 heteroatoms. The molecule has 0 bridgehead atoms. The fraction of sp³-hybridized carbons (Fsp3) is 0.333. The first kappa shape index (κ1) is 22.7. The van der Waals surface area contributed by atoms with Gasteiger partial charge in [0.15, 0.2) is 5.82 Å². The predicted molar refractivity (Wildman–Crippen MR) is 119 cm³/mol. The second kappa shape index (κ2) is 8.46. The number of aromatic nitrogens is 3. The summed E-state index contributed by atoms with van der Waals surface area (Å²) in [5.74, 6) is 0.978. The molecule has 33 heavy (non-hydrogen) atoms. The highest BCUT2D eigenvalue weighted by atomic mass is 19.4. The van der Waals surface area contributed by atoms with E-state index in [0.717, 1.165) is 29.0 Å². The van der Waals surface area contributed by atoms with Crippen molar-refractivity contribution in [3.8, 4) is 11.4 Å². The van der Waals surface area contributed by atoms with E-state index < -0.39 is 17.2 Å². The van der Waals surface area contributed by atoms with Gasteiger partial charge >= 0.3 is 6.18 Å². The number of benzene rings is 1. The third kappa shape index (κ3) is 4.97. The number of hydrogen-bond acceptors (Lipinski definition) is 5. The lowest BCUT2D eigenvalue weighted by molar-refractivity contribution is -0.140. The second-order valence-electron chi connectivity index (χ2n) is 8.98. The molecule has 0 atom stereocenters. The van der Waals surface area contributed by atoms with Crippen LogP contribution in [0.4, 0.5) is 24.7 Å². The Morgan fingerprint density at radius 2 is 1.67 bits per heavy atom. The number of hydrogen-bond donors (Lipinski definition) is 1. The van der Waals surface area contributed by atoms with Crippen LogP contribution in [0.5, 0.6) is 0 Å².